The molecule has 1 saturated heterocycles. The smallest absolute Gasteiger partial charge is 0.358 e. The standard InChI is InChI=1S/C13H20N2O4S/c1-4-18-12(17)11-9(3)20-13(14-11)15-5-8(2)19-10(6-15)7-16/h8,10,16H,4-7H2,1-3H3. The molecule has 0 amide bonds. The second kappa shape index (κ2) is 6.51. The van der Waals surface area contributed by atoms with Crippen molar-refractivity contribution < 1.29 is 19.4 Å². The van der Waals surface area contributed by atoms with E-state index in [9.17, 15) is 9.90 Å². The molecular weight excluding hydrogens is 280 g/mol. The first-order chi connectivity index (χ1) is 9.55. The van der Waals surface area contributed by atoms with Crippen molar-refractivity contribution in [3.05, 3.63) is 10.6 Å². The minimum Gasteiger partial charge on any atom is -0.461 e. The molecule has 2 rings (SSSR count). The van der Waals surface area contributed by atoms with Crippen LogP contribution in [0.1, 0.15) is 29.2 Å². The molecule has 0 aliphatic carbocycles. The van der Waals surface area contributed by atoms with Crippen LogP contribution in [0.4, 0.5) is 5.13 Å². The Morgan fingerprint density at radius 3 is 3.00 bits per heavy atom. The number of rotatable bonds is 4. The van der Waals surface area contributed by atoms with Crippen LogP contribution in [-0.2, 0) is 9.47 Å². The van der Waals surface area contributed by atoms with E-state index in [-0.39, 0.29) is 24.8 Å². The topological polar surface area (TPSA) is 71.9 Å². The Morgan fingerprint density at radius 1 is 1.60 bits per heavy atom. The van der Waals surface area contributed by atoms with Crippen LogP contribution in [0, 0.1) is 6.92 Å². The zero-order chi connectivity index (χ0) is 14.7. The number of aliphatic hydroxyl groups excluding tert-OH is 1. The summed E-state index contributed by atoms with van der Waals surface area (Å²) in [6.07, 6.45) is -0.190. The van der Waals surface area contributed by atoms with E-state index in [1.807, 2.05) is 13.8 Å². The molecule has 0 aromatic carbocycles. The van der Waals surface area contributed by atoms with Gasteiger partial charge in [0.25, 0.3) is 0 Å². The molecule has 1 N–H and O–H groups in total. The summed E-state index contributed by atoms with van der Waals surface area (Å²) in [5.74, 6) is -0.382. The van der Waals surface area contributed by atoms with Crippen molar-refractivity contribution in [1.82, 2.24) is 4.98 Å². The minimum absolute atomic E-state index is 0.0179. The van der Waals surface area contributed by atoms with Crippen LogP contribution in [-0.4, -0.2) is 54.6 Å². The number of aromatic nitrogens is 1. The molecule has 1 aliphatic heterocycles. The van der Waals surface area contributed by atoms with Crippen LogP contribution in [0.15, 0.2) is 0 Å². The number of anilines is 1. The van der Waals surface area contributed by atoms with E-state index in [1.165, 1.54) is 11.3 Å². The SMILES string of the molecule is CCOC(=O)c1nc(N2CC(C)OC(CO)C2)sc1C. The molecule has 0 bridgehead atoms. The van der Waals surface area contributed by atoms with Gasteiger partial charge in [0.15, 0.2) is 10.8 Å². The molecule has 1 aromatic heterocycles. The minimum atomic E-state index is -0.382. The molecule has 112 valence electrons. The van der Waals surface area contributed by atoms with E-state index < -0.39 is 0 Å². The molecule has 1 aromatic rings. The molecule has 2 heterocycles. The molecule has 0 spiro atoms. The van der Waals surface area contributed by atoms with E-state index >= 15 is 0 Å². The van der Waals surface area contributed by atoms with Crippen LogP contribution in [0.3, 0.4) is 0 Å². The van der Waals surface area contributed by atoms with Gasteiger partial charge in [-0.05, 0) is 20.8 Å². The summed E-state index contributed by atoms with van der Waals surface area (Å²) >= 11 is 1.47. The summed E-state index contributed by atoms with van der Waals surface area (Å²) in [4.78, 5) is 19.1. The van der Waals surface area contributed by atoms with Crippen LogP contribution >= 0.6 is 11.3 Å². The Bertz CT molecular complexity index is 477. The van der Waals surface area contributed by atoms with Crippen LogP contribution in [0.2, 0.25) is 0 Å². The van der Waals surface area contributed by atoms with E-state index in [2.05, 4.69) is 9.88 Å². The van der Waals surface area contributed by atoms with Crippen LogP contribution in [0.25, 0.3) is 0 Å². The highest BCUT2D eigenvalue weighted by molar-refractivity contribution is 7.15. The number of aryl methyl sites for hydroxylation is 1. The van der Waals surface area contributed by atoms with Gasteiger partial charge in [-0.25, -0.2) is 9.78 Å². The first-order valence-corrected chi connectivity index (χ1v) is 7.52. The maximum absolute atomic E-state index is 11.8. The molecule has 2 unspecified atom stereocenters. The predicted molar refractivity (Wildman–Crippen MR) is 76.4 cm³/mol. The first-order valence-electron chi connectivity index (χ1n) is 6.71. The number of carbonyl (C=O) groups is 1. The monoisotopic (exact) mass is 300 g/mol. The van der Waals surface area contributed by atoms with Crippen LogP contribution in [0.5, 0.6) is 0 Å². The average molecular weight is 300 g/mol. The van der Waals surface area contributed by atoms with Gasteiger partial charge in [-0.15, -0.1) is 11.3 Å². The lowest BCUT2D eigenvalue weighted by atomic mass is 10.2. The van der Waals surface area contributed by atoms with Crippen molar-refractivity contribution in [1.29, 1.82) is 0 Å². The second-order valence-corrected chi connectivity index (χ2v) is 5.96. The summed E-state index contributed by atoms with van der Waals surface area (Å²) in [7, 11) is 0. The summed E-state index contributed by atoms with van der Waals surface area (Å²) in [6, 6.07) is 0. The summed E-state index contributed by atoms with van der Waals surface area (Å²) in [5, 5.41) is 10.0. The van der Waals surface area contributed by atoms with E-state index in [0.29, 0.717) is 25.4 Å². The fraction of sp³-hybridized carbons (Fsp3) is 0.692. The van der Waals surface area contributed by atoms with Crippen molar-refractivity contribution in [3.63, 3.8) is 0 Å². The molecule has 6 nitrogen and oxygen atoms in total. The van der Waals surface area contributed by atoms with Crippen molar-refractivity contribution in [2.45, 2.75) is 33.0 Å². The number of hydrogen-bond donors (Lipinski definition) is 1. The molecule has 20 heavy (non-hydrogen) atoms. The zero-order valence-electron chi connectivity index (χ0n) is 12.0. The number of thiazole rings is 1. The fourth-order valence-corrected chi connectivity index (χ4v) is 3.12. The van der Waals surface area contributed by atoms with E-state index in [0.717, 1.165) is 10.0 Å². The molecule has 2 atom stereocenters. The van der Waals surface area contributed by atoms with Gasteiger partial charge in [0, 0.05) is 18.0 Å². The number of hydrogen-bond acceptors (Lipinski definition) is 7. The molecular formula is C13H20N2O4S. The first kappa shape index (κ1) is 15.2. The highest BCUT2D eigenvalue weighted by Crippen LogP contribution is 2.28. The lowest BCUT2D eigenvalue weighted by Crippen LogP contribution is -2.48. The van der Waals surface area contributed by atoms with Gasteiger partial charge in [-0.3, -0.25) is 0 Å². The largest absolute Gasteiger partial charge is 0.461 e. The maximum atomic E-state index is 11.8. The van der Waals surface area contributed by atoms with Gasteiger partial charge in [0.05, 0.1) is 25.4 Å². The normalized spacial score (nSPS) is 22.9. The third-order valence-corrected chi connectivity index (χ3v) is 4.09. The van der Waals surface area contributed by atoms with Gasteiger partial charge in [0.2, 0.25) is 0 Å². The molecule has 1 fully saturated rings. The lowest BCUT2D eigenvalue weighted by molar-refractivity contribution is -0.0421. The van der Waals surface area contributed by atoms with Gasteiger partial charge in [0.1, 0.15) is 0 Å². The Labute approximate surface area is 122 Å². The van der Waals surface area contributed by atoms with E-state index in [1.54, 1.807) is 6.92 Å². The summed E-state index contributed by atoms with van der Waals surface area (Å²) in [5.41, 5.74) is 0.381. The molecule has 0 saturated carbocycles. The Kier molecular flexibility index (Phi) is 4.95. The second-order valence-electron chi connectivity index (χ2n) is 4.78. The van der Waals surface area contributed by atoms with Gasteiger partial charge in [-0.2, -0.15) is 0 Å². The van der Waals surface area contributed by atoms with E-state index in [4.69, 9.17) is 9.47 Å². The number of carbonyl (C=O) groups excluding carboxylic acids is 1. The fourth-order valence-electron chi connectivity index (χ4n) is 2.21. The third kappa shape index (κ3) is 3.28. The summed E-state index contributed by atoms with van der Waals surface area (Å²) in [6.45, 7) is 7.20. The molecule has 1 aliphatic rings. The number of ether oxygens (including phenoxy) is 2. The zero-order valence-corrected chi connectivity index (χ0v) is 12.8. The maximum Gasteiger partial charge on any atom is 0.358 e. The molecule has 0 radical (unpaired) electrons. The molecule has 7 heteroatoms. The number of nitrogens with zero attached hydrogens (tertiary/aromatic N) is 2. The Balaban J connectivity index is 2.16. The van der Waals surface area contributed by atoms with Crippen molar-refractivity contribution >= 4 is 22.4 Å². The highest BCUT2D eigenvalue weighted by Gasteiger charge is 2.28. The van der Waals surface area contributed by atoms with Crippen molar-refractivity contribution in [3.8, 4) is 0 Å². The Morgan fingerprint density at radius 2 is 2.35 bits per heavy atom. The Hall–Kier alpha value is -1.18. The quantitative estimate of drug-likeness (QED) is 0.843. The number of aliphatic hydroxyl groups is 1. The highest BCUT2D eigenvalue weighted by atomic mass is 32.1. The van der Waals surface area contributed by atoms with Gasteiger partial charge >= 0.3 is 5.97 Å². The summed E-state index contributed by atoms with van der Waals surface area (Å²) < 4.78 is 10.6. The van der Waals surface area contributed by atoms with Gasteiger partial charge < -0.3 is 19.5 Å². The number of morpholine rings is 1. The average Bonchev–Trinajstić information content (AvgIpc) is 2.80. The lowest BCUT2D eigenvalue weighted by Gasteiger charge is -2.35. The third-order valence-electron chi connectivity index (χ3n) is 3.05. The predicted octanol–water partition coefficient (Wildman–Crippen LogP) is 1.21. The van der Waals surface area contributed by atoms with Crippen LogP contribution < -0.4 is 4.90 Å². The van der Waals surface area contributed by atoms with Crippen molar-refractivity contribution in [2.24, 2.45) is 0 Å². The van der Waals surface area contributed by atoms with Gasteiger partial charge in [-0.1, -0.05) is 0 Å². The number of esters is 1. The van der Waals surface area contributed by atoms with Crippen molar-refractivity contribution in [2.75, 3.05) is 31.2 Å².